The second kappa shape index (κ2) is 6.36. The smallest absolute Gasteiger partial charge is 0.315 e. The fraction of sp³-hybridized carbons (Fsp3) is 0.438. The van der Waals surface area contributed by atoms with Gasteiger partial charge in [-0.05, 0) is 36.5 Å². The summed E-state index contributed by atoms with van der Waals surface area (Å²) < 4.78 is 18.7. The first-order valence-corrected chi connectivity index (χ1v) is 7.73. The Hall–Kier alpha value is -2.44. The molecule has 1 aliphatic rings. The van der Waals surface area contributed by atoms with Crippen molar-refractivity contribution in [2.75, 3.05) is 0 Å². The second-order valence-corrected chi connectivity index (χ2v) is 5.65. The average Bonchev–Trinajstić information content (AvgIpc) is 3.13. The highest BCUT2D eigenvalue weighted by atomic mass is 19.1. The van der Waals surface area contributed by atoms with E-state index in [-0.39, 0.29) is 23.9 Å². The summed E-state index contributed by atoms with van der Waals surface area (Å²) in [4.78, 5) is 16.4. The molecule has 0 bridgehead atoms. The Kier molecular flexibility index (Phi) is 4.27. The van der Waals surface area contributed by atoms with Gasteiger partial charge in [0, 0.05) is 6.92 Å². The molecular formula is C16H19FN4O2. The van der Waals surface area contributed by atoms with E-state index in [4.69, 9.17) is 4.52 Å². The maximum absolute atomic E-state index is 13.7. The van der Waals surface area contributed by atoms with E-state index in [0.29, 0.717) is 36.5 Å². The minimum absolute atomic E-state index is 0.176. The lowest BCUT2D eigenvalue weighted by Gasteiger charge is -2.18. The molecule has 1 aromatic carbocycles. The van der Waals surface area contributed by atoms with Crippen LogP contribution in [0.15, 0.2) is 22.7 Å². The van der Waals surface area contributed by atoms with Gasteiger partial charge in [-0.1, -0.05) is 24.2 Å². The highest BCUT2D eigenvalue weighted by Gasteiger charge is 2.27. The Morgan fingerprint density at radius 2 is 2.35 bits per heavy atom. The zero-order chi connectivity index (χ0) is 16.4. The fourth-order valence-corrected chi connectivity index (χ4v) is 2.92. The topological polar surface area (TPSA) is 80.0 Å². The number of amides is 2. The third-order valence-electron chi connectivity index (χ3n) is 4.09. The van der Waals surface area contributed by atoms with E-state index in [9.17, 15) is 9.18 Å². The quantitative estimate of drug-likeness (QED) is 0.908. The molecule has 2 N–H and O–H groups in total. The van der Waals surface area contributed by atoms with Crippen molar-refractivity contribution < 1.29 is 13.7 Å². The van der Waals surface area contributed by atoms with Gasteiger partial charge in [-0.3, -0.25) is 0 Å². The minimum Gasteiger partial charge on any atom is -0.340 e. The van der Waals surface area contributed by atoms with Crippen molar-refractivity contribution in [3.05, 3.63) is 46.9 Å². The Morgan fingerprint density at radius 3 is 3.04 bits per heavy atom. The van der Waals surface area contributed by atoms with Gasteiger partial charge in [-0.25, -0.2) is 9.18 Å². The van der Waals surface area contributed by atoms with Crippen molar-refractivity contribution in [1.29, 1.82) is 0 Å². The number of carbonyl (C=O) groups excluding carboxylic acids is 1. The number of rotatable bonds is 4. The molecule has 0 spiro atoms. The number of urea groups is 1. The summed E-state index contributed by atoms with van der Waals surface area (Å²) in [5, 5.41) is 9.58. The first kappa shape index (κ1) is 15.5. The monoisotopic (exact) mass is 318 g/mol. The Labute approximate surface area is 133 Å². The number of benzene rings is 1. The van der Waals surface area contributed by atoms with Crippen LogP contribution in [0.1, 0.15) is 54.7 Å². The van der Waals surface area contributed by atoms with E-state index in [1.165, 1.54) is 6.07 Å². The molecule has 7 heteroatoms. The summed E-state index contributed by atoms with van der Waals surface area (Å²) in [6.07, 6.45) is 1.97. The number of aryl methyl sites for hydroxylation is 1. The van der Waals surface area contributed by atoms with Crippen molar-refractivity contribution in [3.63, 3.8) is 0 Å². The van der Waals surface area contributed by atoms with Gasteiger partial charge in [-0.2, -0.15) is 4.98 Å². The molecule has 0 fully saturated rings. The van der Waals surface area contributed by atoms with Gasteiger partial charge in [-0.15, -0.1) is 0 Å². The van der Waals surface area contributed by atoms with Crippen LogP contribution >= 0.6 is 0 Å². The van der Waals surface area contributed by atoms with E-state index in [2.05, 4.69) is 20.8 Å². The molecule has 1 heterocycles. The summed E-state index contributed by atoms with van der Waals surface area (Å²) in [6, 6.07) is 4.17. The Bertz CT molecular complexity index is 716. The summed E-state index contributed by atoms with van der Waals surface area (Å²) in [5.74, 6) is 0.708. The molecule has 1 aliphatic carbocycles. The molecule has 2 aromatic rings. The van der Waals surface area contributed by atoms with E-state index >= 15 is 0 Å². The molecule has 0 radical (unpaired) electrons. The highest BCUT2D eigenvalue weighted by molar-refractivity contribution is 5.75. The lowest BCUT2D eigenvalue weighted by atomic mass is 10.1. The first-order chi connectivity index (χ1) is 11.1. The summed E-state index contributed by atoms with van der Waals surface area (Å²) >= 11 is 0. The standard InChI is InChI=1S/C16H19FN4O2/c1-3-13(15-18-9(2)23-21-15)19-16(22)20-14-8-7-10-11(14)5-4-6-12(10)17/h4-6,13-14H,3,7-8H2,1-2H3,(H2,19,20,22)/t13-,14-/m1/s1. The van der Waals surface area contributed by atoms with Gasteiger partial charge >= 0.3 is 6.03 Å². The van der Waals surface area contributed by atoms with Gasteiger partial charge in [0.2, 0.25) is 5.89 Å². The molecule has 0 unspecified atom stereocenters. The van der Waals surface area contributed by atoms with E-state index in [1.807, 2.05) is 13.0 Å². The molecule has 2 amide bonds. The molecule has 23 heavy (non-hydrogen) atoms. The summed E-state index contributed by atoms with van der Waals surface area (Å²) in [7, 11) is 0. The molecule has 6 nitrogen and oxygen atoms in total. The Morgan fingerprint density at radius 1 is 1.52 bits per heavy atom. The molecule has 0 saturated heterocycles. The lowest BCUT2D eigenvalue weighted by molar-refractivity contribution is 0.232. The van der Waals surface area contributed by atoms with Crippen LogP contribution in [0.4, 0.5) is 9.18 Å². The molecule has 0 aliphatic heterocycles. The number of fused-ring (bicyclic) bond motifs is 1. The van der Waals surface area contributed by atoms with Crippen molar-refractivity contribution in [2.45, 2.75) is 45.2 Å². The molecular weight excluding hydrogens is 299 g/mol. The molecule has 1 aromatic heterocycles. The number of carbonyl (C=O) groups is 1. The Balaban J connectivity index is 1.65. The van der Waals surface area contributed by atoms with Gasteiger partial charge in [0.1, 0.15) is 5.82 Å². The summed E-state index contributed by atoms with van der Waals surface area (Å²) in [5.41, 5.74) is 1.54. The van der Waals surface area contributed by atoms with Crippen molar-refractivity contribution in [3.8, 4) is 0 Å². The van der Waals surface area contributed by atoms with Crippen LogP contribution in [0.25, 0.3) is 0 Å². The van der Waals surface area contributed by atoms with Crippen LogP contribution in [0.2, 0.25) is 0 Å². The number of hydrogen-bond donors (Lipinski definition) is 2. The molecule has 2 atom stereocenters. The number of aromatic nitrogens is 2. The largest absolute Gasteiger partial charge is 0.340 e. The van der Waals surface area contributed by atoms with Crippen molar-refractivity contribution >= 4 is 6.03 Å². The van der Waals surface area contributed by atoms with Crippen LogP contribution in [-0.4, -0.2) is 16.2 Å². The SMILES string of the molecule is CC[C@@H](NC(=O)N[C@@H]1CCc2c(F)cccc21)c1noc(C)n1. The molecule has 0 saturated carbocycles. The number of nitrogens with one attached hydrogen (secondary N) is 2. The van der Waals surface area contributed by atoms with Crippen molar-refractivity contribution in [1.82, 2.24) is 20.8 Å². The summed E-state index contributed by atoms with van der Waals surface area (Å²) in [6.45, 7) is 3.63. The third kappa shape index (κ3) is 3.18. The van der Waals surface area contributed by atoms with Crippen molar-refractivity contribution in [2.24, 2.45) is 0 Å². The van der Waals surface area contributed by atoms with Crippen LogP contribution in [0.5, 0.6) is 0 Å². The number of halogens is 1. The maximum Gasteiger partial charge on any atom is 0.315 e. The van der Waals surface area contributed by atoms with E-state index < -0.39 is 0 Å². The minimum atomic E-state index is -0.319. The third-order valence-corrected chi connectivity index (χ3v) is 4.09. The fourth-order valence-electron chi connectivity index (χ4n) is 2.92. The average molecular weight is 318 g/mol. The van der Waals surface area contributed by atoms with E-state index in [1.54, 1.807) is 13.0 Å². The predicted molar refractivity (Wildman–Crippen MR) is 81.2 cm³/mol. The van der Waals surface area contributed by atoms with Crippen LogP contribution in [-0.2, 0) is 6.42 Å². The number of hydrogen-bond acceptors (Lipinski definition) is 4. The van der Waals surface area contributed by atoms with Gasteiger partial charge < -0.3 is 15.2 Å². The predicted octanol–water partition coefficient (Wildman–Crippen LogP) is 2.95. The van der Waals surface area contributed by atoms with Gasteiger partial charge in [0.15, 0.2) is 5.82 Å². The second-order valence-electron chi connectivity index (χ2n) is 5.65. The van der Waals surface area contributed by atoms with Gasteiger partial charge in [0.25, 0.3) is 0 Å². The lowest BCUT2D eigenvalue weighted by Crippen LogP contribution is -2.39. The number of nitrogens with zero attached hydrogens (tertiary/aromatic N) is 2. The first-order valence-electron chi connectivity index (χ1n) is 7.73. The zero-order valence-corrected chi connectivity index (χ0v) is 13.1. The van der Waals surface area contributed by atoms with E-state index in [0.717, 1.165) is 5.56 Å². The molecule has 3 rings (SSSR count). The van der Waals surface area contributed by atoms with Gasteiger partial charge in [0.05, 0.1) is 12.1 Å². The highest BCUT2D eigenvalue weighted by Crippen LogP contribution is 2.32. The van der Waals surface area contributed by atoms with Crippen LogP contribution in [0, 0.1) is 12.7 Å². The maximum atomic E-state index is 13.7. The molecule has 122 valence electrons. The van der Waals surface area contributed by atoms with Crippen LogP contribution < -0.4 is 10.6 Å². The zero-order valence-electron chi connectivity index (χ0n) is 13.1. The van der Waals surface area contributed by atoms with Crippen LogP contribution in [0.3, 0.4) is 0 Å². The normalized spacial score (nSPS) is 17.6.